The highest BCUT2D eigenvalue weighted by Gasteiger charge is 2.20. The van der Waals surface area contributed by atoms with Crippen LogP contribution in [0.15, 0.2) is 12.3 Å². The standard InChI is InChI=1S/C14H21ClN4O2/c1-17(2)3-4-18-5-7-19(8-6-18)13-9-11(14(20)21)12(15)10-16-13/h9-10H,3-8H2,1-2H3,(H,20,21). The van der Waals surface area contributed by atoms with Crippen LogP contribution < -0.4 is 4.90 Å². The van der Waals surface area contributed by atoms with Gasteiger partial charge in [0.25, 0.3) is 0 Å². The van der Waals surface area contributed by atoms with Gasteiger partial charge in [-0.25, -0.2) is 9.78 Å². The van der Waals surface area contributed by atoms with Crippen LogP contribution in [0.2, 0.25) is 5.02 Å². The number of carboxylic acids is 1. The predicted molar refractivity (Wildman–Crippen MR) is 83.4 cm³/mol. The van der Waals surface area contributed by atoms with Crippen LogP contribution >= 0.6 is 11.6 Å². The van der Waals surface area contributed by atoms with Gasteiger partial charge < -0.3 is 14.9 Å². The second-order valence-electron chi connectivity index (χ2n) is 5.46. The van der Waals surface area contributed by atoms with E-state index < -0.39 is 5.97 Å². The molecule has 1 aliphatic rings. The Labute approximate surface area is 129 Å². The minimum absolute atomic E-state index is 0.108. The Morgan fingerprint density at radius 3 is 2.62 bits per heavy atom. The molecule has 7 heteroatoms. The number of halogens is 1. The lowest BCUT2D eigenvalue weighted by Gasteiger charge is -2.35. The number of rotatable bonds is 5. The monoisotopic (exact) mass is 312 g/mol. The molecule has 0 amide bonds. The van der Waals surface area contributed by atoms with Gasteiger partial charge in [0.2, 0.25) is 0 Å². The number of carboxylic acid groups (broad SMARTS) is 1. The molecule has 1 aliphatic heterocycles. The summed E-state index contributed by atoms with van der Waals surface area (Å²) in [6.07, 6.45) is 1.42. The Morgan fingerprint density at radius 2 is 2.05 bits per heavy atom. The number of anilines is 1. The number of likely N-dealkylation sites (N-methyl/N-ethyl adjacent to an activating group) is 1. The normalized spacial score (nSPS) is 16.5. The van der Waals surface area contributed by atoms with Crippen LogP contribution in [0.1, 0.15) is 10.4 Å². The molecule has 0 aliphatic carbocycles. The van der Waals surface area contributed by atoms with Crippen molar-refractivity contribution in [1.29, 1.82) is 0 Å². The Morgan fingerprint density at radius 1 is 1.38 bits per heavy atom. The lowest BCUT2D eigenvalue weighted by Crippen LogP contribution is -2.48. The average molecular weight is 313 g/mol. The summed E-state index contributed by atoms with van der Waals surface area (Å²) in [5.74, 6) is -0.336. The van der Waals surface area contributed by atoms with E-state index in [0.717, 1.165) is 39.3 Å². The molecule has 2 heterocycles. The molecule has 0 atom stereocenters. The van der Waals surface area contributed by atoms with Crippen molar-refractivity contribution in [2.75, 3.05) is 58.3 Å². The Bertz CT molecular complexity index is 502. The zero-order valence-electron chi connectivity index (χ0n) is 12.4. The Kier molecular flexibility index (Phi) is 5.39. The van der Waals surface area contributed by atoms with E-state index in [2.05, 4.69) is 33.8 Å². The average Bonchev–Trinajstić information content (AvgIpc) is 2.46. The van der Waals surface area contributed by atoms with Gasteiger partial charge in [0.05, 0.1) is 10.6 Å². The van der Waals surface area contributed by atoms with Gasteiger partial charge in [-0.2, -0.15) is 0 Å². The Hall–Kier alpha value is -1.37. The molecule has 1 aromatic rings. The second-order valence-corrected chi connectivity index (χ2v) is 5.87. The molecule has 2 rings (SSSR count). The van der Waals surface area contributed by atoms with E-state index in [1.54, 1.807) is 6.07 Å². The van der Waals surface area contributed by atoms with E-state index >= 15 is 0 Å². The molecule has 1 saturated heterocycles. The van der Waals surface area contributed by atoms with Gasteiger partial charge in [0.15, 0.2) is 0 Å². The van der Waals surface area contributed by atoms with Crippen molar-refractivity contribution in [1.82, 2.24) is 14.8 Å². The van der Waals surface area contributed by atoms with Crippen molar-refractivity contribution in [2.45, 2.75) is 0 Å². The van der Waals surface area contributed by atoms with Crippen LogP contribution in [0.5, 0.6) is 0 Å². The maximum atomic E-state index is 11.1. The summed E-state index contributed by atoms with van der Waals surface area (Å²) >= 11 is 5.85. The first-order chi connectivity index (χ1) is 9.97. The van der Waals surface area contributed by atoms with Crippen molar-refractivity contribution in [3.63, 3.8) is 0 Å². The maximum Gasteiger partial charge on any atom is 0.337 e. The molecular formula is C14H21ClN4O2. The van der Waals surface area contributed by atoms with Gasteiger partial charge in [-0.3, -0.25) is 4.90 Å². The lowest BCUT2D eigenvalue weighted by atomic mass is 10.2. The molecule has 116 valence electrons. The van der Waals surface area contributed by atoms with Gasteiger partial charge in [0.1, 0.15) is 5.82 Å². The predicted octanol–water partition coefficient (Wildman–Crippen LogP) is 1.12. The molecule has 0 radical (unpaired) electrons. The van der Waals surface area contributed by atoms with Gasteiger partial charge in [-0.05, 0) is 20.2 Å². The van der Waals surface area contributed by atoms with Crippen LogP contribution in [0, 0.1) is 0 Å². The third-order valence-electron chi connectivity index (χ3n) is 3.63. The maximum absolute atomic E-state index is 11.1. The summed E-state index contributed by atoms with van der Waals surface area (Å²) in [6, 6.07) is 1.56. The number of carbonyl (C=O) groups is 1. The largest absolute Gasteiger partial charge is 0.478 e. The van der Waals surface area contributed by atoms with Crippen LogP contribution in [-0.2, 0) is 0 Å². The van der Waals surface area contributed by atoms with Crippen molar-refractivity contribution in [3.8, 4) is 0 Å². The third-order valence-corrected chi connectivity index (χ3v) is 3.93. The van der Waals surface area contributed by atoms with E-state index in [-0.39, 0.29) is 10.6 Å². The highest BCUT2D eigenvalue weighted by atomic mass is 35.5. The van der Waals surface area contributed by atoms with Gasteiger partial charge in [-0.1, -0.05) is 11.6 Å². The number of hydrogen-bond acceptors (Lipinski definition) is 5. The minimum atomic E-state index is -1.02. The highest BCUT2D eigenvalue weighted by molar-refractivity contribution is 6.33. The number of hydrogen-bond donors (Lipinski definition) is 1. The molecule has 1 aromatic heterocycles. The van der Waals surface area contributed by atoms with E-state index in [0.29, 0.717) is 5.82 Å². The fourth-order valence-electron chi connectivity index (χ4n) is 2.31. The summed E-state index contributed by atoms with van der Waals surface area (Å²) < 4.78 is 0. The molecule has 0 aromatic carbocycles. The molecule has 0 saturated carbocycles. The first-order valence-corrected chi connectivity index (χ1v) is 7.36. The van der Waals surface area contributed by atoms with Crippen molar-refractivity contribution >= 4 is 23.4 Å². The number of piperazine rings is 1. The molecule has 0 spiro atoms. The zero-order valence-corrected chi connectivity index (χ0v) is 13.2. The number of aromatic nitrogens is 1. The minimum Gasteiger partial charge on any atom is -0.478 e. The second kappa shape index (κ2) is 7.06. The van der Waals surface area contributed by atoms with E-state index in [9.17, 15) is 4.79 Å². The molecule has 21 heavy (non-hydrogen) atoms. The summed E-state index contributed by atoms with van der Waals surface area (Å²) in [6.45, 7) is 5.71. The molecule has 6 nitrogen and oxygen atoms in total. The van der Waals surface area contributed by atoms with E-state index in [1.165, 1.54) is 6.20 Å². The van der Waals surface area contributed by atoms with E-state index in [1.807, 2.05) is 0 Å². The number of pyridine rings is 1. The summed E-state index contributed by atoms with van der Waals surface area (Å²) in [4.78, 5) is 22.0. The fraction of sp³-hybridized carbons (Fsp3) is 0.571. The molecule has 0 bridgehead atoms. The molecule has 1 fully saturated rings. The number of nitrogens with zero attached hydrogens (tertiary/aromatic N) is 4. The SMILES string of the molecule is CN(C)CCN1CCN(c2cc(C(=O)O)c(Cl)cn2)CC1. The third kappa shape index (κ3) is 4.30. The molecule has 1 N–H and O–H groups in total. The molecule has 0 unspecified atom stereocenters. The summed E-state index contributed by atoms with van der Waals surface area (Å²) in [5, 5.41) is 9.29. The van der Waals surface area contributed by atoms with Gasteiger partial charge >= 0.3 is 5.97 Å². The summed E-state index contributed by atoms with van der Waals surface area (Å²) in [5.41, 5.74) is 0.108. The van der Waals surface area contributed by atoms with Crippen LogP contribution in [-0.4, -0.2) is 79.2 Å². The Balaban J connectivity index is 1.96. The topological polar surface area (TPSA) is 59.9 Å². The quantitative estimate of drug-likeness (QED) is 0.879. The van der Waals surface area contributed by atoms with Crippen LogP contribution in [0.3, 0.4) is 0 Å². The van der Waals surface area contributed by atoms with Gasteiger partial charge in [-0.15, -0.1) is 0 Å². The van der Waals surface area contributed by atoms with Gasteiger partial charge in [0, 0.05) is 45.5 Å². The zero-order chi connectivity index (χ0) is 15.4. The smallest absolute Gasteiger partial charge is 0.337 e. The summed E-state index contributed by atoms with van der Waals surface area (Å²) in [7, 11) is 4.14. The first-order valence-electron chi connectivity index (χ1n) is 6.98. The lowest BCUT2D eigenvalue weighted by molar-refractivity contribution is 0.0697. The van der Waals surface area contributed by atoms with Crippen molar-refractivity contribution < 1.29 is 9.90 Å². The van der Waals surface area contributed by atoms with Crippen LogP contribution in [0.4, 0.5) is 5.82 Å². The van der Waals surface area contributed by atoms with E-state index in [4.69, 9.17) is 16.7 Å². The fourth-order valence-corrected chi connectivity index (χ4v) is 2.49. The number of aromatic carboxylic acids is 1. The van der Waals surface area contributed by atoms with Crippen molar-refractivity contribution in [3.05, 3.63) is 22.8 Å². The van der Waals surface area contributed by atoms with Crippen molar-refractivity contribution in [2.24, 2.45) is 0 Å². The first kappa shape index (κ1) is 16.0. The van der Waals surface area contributed by atoms with Crippen LogP contribution in [0.25, 0.3) is 0 Å². The molecular weight excluding hydrogens is 292 g/mol. The highest BCUT2D eigenvalue weighted by Crippen LogP contribution is 2.21.